The molecular weight excluding hydrogens is 232 g/mol. The van der Waals surface area contributed by atoms with Gasteiger partial charge in [-0.1, -0.05) is 12.1 Å². The number of aryl methyl sites for hydroxylation is 1. The van der Waals surface area contributed by atoms with Crippen molar-refractivity contribution in [3.05, 3.63) is 28.8 Å². The van der Waals surface area contributed by atoms with Crippen molar-refractivity contribution in [1.82, 2.24) is 5.32 Å². The van der Waals surface area contributed by atoms with Gasteiger partial charge in [-0.3, -0.25) is 0 Å². The zero-order valence-electron chi connectivity index (χ0n) is 10.8. The van der Waals surface area contributed by atoms with Gasteiger partial charge in [0.05, 0.1) is 0 Å². The number of nitrogens with zero attached hydrogens (tertiary/aromatic N) is 1. The molecule has 1 saturated heterocycles. The second kappa shape index (κ2) is 4.51. The monoisotopic (exact) mass is 252 g/mol. The summed E-state index contributed by atoms with van der Waals surface area (Å²) in [5, 5.41) is 3.53. The zero-order valence-corrected chi connectivity index (χ0v) is 11.6. The van der Waals surface area contributed by atoms with Gasteiger partial charge in [0, 0.05) is 30.9 Å². The van der Waals surface area contributed by atoms with Crippen molar-refractivity contribution in [3.63, 3.8) is 0 Å². The van der Waals surface area contributed by atoms with Gasteiger partial charge in [0.2, 0.25) is 0 Å². The minimum atomic E-state index is 0. The standard InChI is InChI=1S/C14H20N2.ClH/c1-9-4-5-12-6-13-8-15-7-10(2)16(13)14(12)11(9)3;/h4-5,10,13,15H,6-8H2,1-3H3;1H. The van der Waals surface area contributed by atoms with Crippen LogP contribution in [0, 0.1) is 13.8 Å². The summed E-state index contributed by atoms with van der Waals surface area (Å²) in [7, 11) is 0. The van der Waals surface area contributed by atoms with Gasteiger partial charge in [-0.15, -0.1) is 12.4 Å². The molecule has 2 aliphatic rings. The van der Waals surface area contributed by atoms with Gasteiger partial charge >= 0.3 is 0 Å². The summed E-state index contributed by atoms with van der Waals surface area (Å²) >= 11 is 0. The van der Waals surface area contributed by atoms with Gasteiger partial charge in [0.15, 0.2) is 0 Å². The van der Waals surface area contributed by atoms with Gasteiger partial charge in [0.25, 0.3) is 0 Å². The van der Waals surface area contributed by atoms with Crippen molar-refractivity contribution < 1.29 is 0 Å². The smallest absolute Gasteiger partial charge is 0.0459 e. The molecule has 0 aromatic heterocycles. The summed E-state index contributed by atoms with van der Waals surface area (Å²) in [6, 6.07) is 5.90. The van der Waals surface area contributed by atoms with Crippen LogP contribution in [0.2, 0.25) is 0 Å². The molecule has 0 bridgehead atoms. The van der Waals surface area contributed by atoms with E-state index >= 15 is 0 Å². The summed E-state index contributed by atoms with van der Waals surface area (Å²) < 4.78 is 0. The second-order valence-electron chi connectivity index (χ2n) is 5.29. The average Bonchev–Trinajstić information content (AvgIpc) is 2.64. The molecule has 3 rings (SSSR count). The summed E-state index contributed by atoms with van der Waals surface area (Å²) in [6.45, 7) is 9.07. The maximum absolute atomic E-state index is 3.53. The molecule has 2 atom stereocenters. The first kappa shape index (κ1) is 12.7. The fraction of sp³-hybridized carbons (Fsp3) is 0.571. The topological polar surface area (TPSA) is 15.3 Å². The Morgan fingerprint density at radius 3 is 2.76 bits per heavy atom. The van der Waals surface area contributed by atoms with E-state index < -0.39 is 0 Å². The Morgan fingerprint density at radius 2 is 2.00 bits per heavy atom. The predicted molar refractivity (Wildman–Crippen MR) is 75.5 cm³/mol. The number of hydrogen-bond donors (Lipinski definition) is 1. The lowest BCUT2D eigenvalue weighted by molar-refractivity contribution is 0.429. The third kappa shape index (κ3) is 1.84. The molecule has 0 amide bonds. The Balaban J connectivity index is 0.00000108. The SMILES string of the molecule is Cc1ccc2c(c1C)N1C(C)CNCC1C2.Cl. The molecule has 2 aliphatic heterocycles. The molecule has 2 unspecified atom stereocenters. The summed E-state index contributed by atoms with van der Waals surface area (Å²) in [4.78, 5) is 2.65. The number of benzene rings is 1. The fourth-order valence-electron chi connectivity index (χ4n) is 3.22. The fourth-order valence-corrected chi connectivity index (χ4v) is 3.22. The lowest BCUT2D eigenvalue weighted by atomic mass is 10.0. The first-order chi connectivity index (χ1) is 7.68. The highest BCUT2D eigenvalue weighted by Crippen LogP contribution is 2.38. The molecule has 0 spiro atoms. The van der Waals surface area contributed by atoms with Crippen molar-refractivity contribution in [2.24, 2.45) is 0 Å². The van der Waals surface area contributed by atoms with E-state index in [4.69, 9.17) is 0 Å². The Kier molecular flexibility index (Phi) is 3.37. The Hall–Kier alpha value is -0.730. The Labute approximate surface area is 110 Å². The number of fused-ring (bicyclic) bond motifs is 3. The zero-order chi connectivity index (χ0) is 11.3. The normalized spacial score (nSPS) is 26.2. The molecule has 3 heteroatoms. The third-order valence-corrected chi connectivity index (χ3v) is 4.19. The molecule has 2 nitrogen and oxygen atoms in total. The minimum Gasteiger partial charge on any atom is -0.363 e. The van der Waals surface area contributed by atoms with Crippen LogP contribution in [0.3, 0.4) is 0 Å². The van der Waals surface area contributed by atoms with Crippen molar-refractivity contribution in [2.75, 3.05) is 18.0 Å². The molecule has 1 fully saturated rings. The van der Waals surface area contributed by atoms with Crippen molar-refractivity contribution in [2.45, 2.75) is 39.3 Å². The third-order valence-electron chi connectivity index (χ3n) is 4.19. The number of piperazine rings is 1. The highest BCUT2D eigenvalue weighted by atomic mass is 35.5. The van der Waals surface area contributed by atoms with Crippen LogP contribution in [-0.4, -0.2) is 25.2 Å². The molecule has 1 aromatic rings. The lowest BCUT2D eigenvalue weighted by Crippen LogP contribution is -2.55. The molecular formula is C14H21ClN2. The van der Waals surface area contributed by atoms with Gasteiger partial charge < -0.3 is 10.2 Å². The van der Waals surface area contributed by atoms with E-state index in [9.17, 15) is 0 Å². The van der Waals surface area contributed by atoms with Crippen LogP contribution in [0.15, 0.2) is 12.1 Å². The van der Waals surface area contributed by atoms with Gasteiger partial charge in [0.1, 0.15) is 0 Å². The highest BCUT2D eigenvalue weighted by Gasteiger charge is 2.35. The van der Waals surface area contributed by atoms with Crippen LogP contribution in [0.1, 0.15) is 23.6 Å². The molecule has 94 valence electrons. The first-order valence-corrected chi connectivity index (χ1v) is 6.26. The largest absolute Gasteiger partial charge is 0.363 e. The van der Waals surface area contributed by atoms with Gasteiger partial charge in [-0.2, -0.15) is 0 Å². The van der Waals surface area contributed by atoms with Crippen molar-refractivity contribution in [3.8, 4) is 0 Å². The van der Waals surface area contributed by atoms with Crippen LogP contribution in [0.4, 0.5) is 5.69 Å². The average molecular weight is 253 g/mol. The Morgan fingerprint density at radius 1 is 1.24 bits per heavy atom. The second-order valence-corrected chi connectivity index (χ2v) is 5.29. The van der Waals surface area contributed by atoms with Crippen LogP contribution < -0.4 is 10.2 Å². The molecule has 0 saturated carbocycles. The van der Waals surface area contributed by atoms with Crippen LogP contribution in [-0.2, 0) is 6.42 Å². The minimum absolute atomic E-state index is 0. The van der Waals surface area contributed by atoms with E-state index in [2.05, 4.69) is 43.1 Å². The molecule has 1 N–H and O–H groups in total. The summed E-state index contributed by atoms with van der Waals surface area (Å²) in [6.07, 6.45) is 1.22. The predicted octanol–water partition coefficient (Wildman–Crippen LogP) is 2.45. The first-order valence-electron chi connectivity index (χ1n) is 6.26. The summed E-state index contributed by atoms with van der Waals surface area (Å²) in [5.41, 5.74) is 5.97. The van der Waals surface area contributed by atoms with E-state index in [0.29, 0.717) is 12.1 Å². The number of hydrogen-bond acceptors (Lipinski definition) is 2. The molecule has 1 aromatic carbocycles. The van der Waals surface area contributed by atoms with E-state index in [1.54, 1.807) is 5.56 Å². The van der Waals surface area contributed by atoms with Gasteiger partial charge in [-0.05, 0) is 43.9 Å². The van der Waals surface area contributed by atoms with E-state index in [0.717, 1.165) is 13.1 Å². The number of anilines is 1. The summed E-state index contributed by atoms with van der Waals surface area (Å²) in [5.74, 6) is 0. The van der Waals surface area contributed by atoms with Crippen LogP contribution >= 0.6 is 12.4 Å². The van der Waals surface area contributed by atoms with Crippen LogP contribution in [0.25, 0.3) is 0 Å². The number of rotatable bonds is 0. The lowest BCUT2D eigenvalue weighted by Gasteiger charge is -2.39. The van der Waals surface area contributed by atoms with E-state index in [1.165, 1.54) is 23.2 Å². The maximum Gasteiger partial charge on any atom is 0.0459 e. The number of nitrogens with one attached hydrogen (secondary N) is 1. The highest BCUT2D eigenvalue weighted by molar-refractivity contribution is 5.85. The maximum atomic E-state index is 3.53. The Bertz CT molecular complexity index is 430. The molecule has 2 heterocycles. The van der Waals surface area contributed by atoms with E-state index in [1.807, 2.05) is 0 Å². The number of halogens is 1. The quantitative estimate of drug-likeness (QED) is 0.763. The molecule has 0 radical (unpaired) electrons. The van der Waals surface area contributed by atoms with E-state index in [-0.39, 0.29) is 12.4 Å². The molecule has 0 aliphatic carbocycles. The van der Waals surface area contributed by atoms with Crippen molar-refractivity contribution >= 4 is 18.1 Å². The van der Waals surface area contributed by atoms with Gasteiger partial charge in [-0.25, -0.2) is 0 Å². The molecule has 17 heavy (non-hydrogen) atoms. The van der Waals surface area contributed by atoms with Crippen LogP contribution in [0.5, 0.6) is 0 Å². The van der Waals surface area contributed by atoms with Crippen molar-refractivity contribution in [1.29, 1.82) is 0 Å².